The monoisotopic (exact) mass is 280 g/mol. The zero-order valence-electron chi connectivity index (χ0n) is 13.7. The van der Waals surface area contributed by atoms with Gasteiger partial charge in [0.1, 0.15) is 6.61 Å². The first-order valence-electron chi connectivity index (χ1n) is 7.31. The van der Waals surface area contributed by atoms with Crippen molar-refractivity contribution in [1.82, 2.24) is 0 Å². The summed E-state index contributed by atoms with van der Waals surface area (Å²) in [6.07, 6.45) is 7.61. The molecule has 114 valence electrons. The van der Waals surface area contributed by atoms with Crippen LogP contribution in [0.25, 0.3) is 0 Å². The van der Waals surface area contributed by atoms with Crippen LogP contribution >= 0.6 is 0 Å². The van der Waals surface area contributed by atoms with Crippen LogP contribution in [0.1, 0.15) is 54.4 Å². The van der Waals surface area contributed by atoms with Gasteiger partial charge in [0.15, 0.2) is 0 Å². The summed E-state index contributed by atoms with van der Waals surface area (Å²) in [6, 6.07) is 0. The first-order valence-corrected chi connectivity index (χ1v) is 7.31. The number of ether oxygens (including phenoxy) is 2. The Morgan fingerprint density at radius 3 is 2.65 bits per heavy atom. The Balaban J connectivity index is 2.47. The number of esters is 1. The molecule has 0 saturated carbocycles. The van der Waals surface area contributed by atoms with Crippen LogP contribution in [0.5, 0.6) is 0 Å². The van der Waals surface area contributed by atoms with Crippen LogP contribution in [0.2, 0.25) is 0 Å². The van der Waals surface area contributed by atoms with E-state index in [1.165, 1.54) is 11.6 Å². The molecule has 3 nitrogen and oxygen atoms in total. The van der Waals surface area contributed by atoms with Crippen molar-refractivity contribution in [2.75, 3.05) is 6.61 Å². The van der Waals surface area contributed by atoms with Gasteiger partial charge in [0.25, 0.3) is 0 Å². The Labute approximate surface area is 123 Å². The van der Waals surface area contributed by atoms with Crippen LogP contribution in [0.3, 0.4) is 0 Å². The topological polar surface area (TPSA) is 35.5 Å². The van der Waals surface area contributed by atoms with Gasteiger partial charge in [0.05, 0.1) is 11.7 Å². The maximum Gasteiger partial charge on any atom is 0.330 e. The summed E-state index contributed by atoms with van der Waals surface area (Å²) in [6.45, 7) is 12.6. The first-order chi connectivity index (χ1) is 9.15. The minimum atomic E-state index is -0.482. The highest BCUT2D eigenvalue weighted by Gasteiger charge is 2.31. The fraction of sp³-hybridized carbons (Fsp3) is 0.706. The molecular weight excluding hydrogens is 252 g/mol. The largest absolute Gasteiger partial charge is 0.459 e. The number of hydrogen-bond donors (Lipinski definition) is 0. The Morgan fingerprint density at radius 1 is 1.50 bits per heavy atom. The molecule has 3 heteroatoms. The van der Waals surface area contributed by atoms with E-state index in [1.54, 1.807) is 13.0 Å². The molecule has 0 spiro atoms. The summed E-state index contributed by atoms with van der Waals surface area (Å²) in [5.41, 5.74) is 1.21. The number of hydrogen-bond acceptors (Lipinski definition) is 3. The Bertz CT molecular complexity index is 402. The molecule has 0 bridgehead atoms. The molecule has 1 aliphatic carbocycles. The summed E-state index contributed by atoms with van der Waals surface area (Å²) >= 11 is 0. The molecule has 20 heavy (non-hydrogen) atoms. The minimum absolute atomic E-state index is 0.0622. The van der Waals surface area contributed by atoms with Crippen LogP contribution in [0.4, 0.5) is 0 Å². The zero-order chi connectivity index (χ0) is 15.4. The fourth-order valence-corrected chi connectivity index (χ4v) is 2.43. The highest BCUT2D eigenvalue weighted by Crippen LogP contribution is 2.38. The van der Waals surface area contributed by atoms with E-state index in [0.717, 1.165) is 12.8 Å². The van der Waals surface area contributed by atoms with Crippen molar-refractivity contribution in [2.24, 2.45) is 5.41 Å². The molecule has 0 aliphatic heterocycles. The van der Waals surface area contributed by atoms with E-state index < -0.39 is 5.60 Å². The van der Waals surface area contributed by atoms with Gasteiger partial charge in [-0.25, -0.2) is 4.79 Å². The molecule has 0 fully saturated rings. The third-order valence-corrected chi connectivity index (χ3v) is 3.48. The molecule has 0 amide bonds. The van der Waals surface area contributed by atoms with Gasteiger partial charge in [-0.2, -0.15) is 0 Å². The maximum atomic E-state index is 11.3. The van der Waals surface area contributed by atoms with Crippen LogP contribution in [-0.2, 0) is 14.3 Å². The van der Waals surface area contributed by atoms with Crippen molar-refractivity contribution in [3.05, 3.63) is 23.8 Å². The number of allylic oxidation sites excluding steroid dienone is 2. The van der Waals surface area contributed by atoms with Gasteiger partial charge in [0, 0.05) is 6.08 Å². The van der Waals surface area contributed by atoms with Crippen LogP contribution < -0.4 is 0 Å². The van der Waals surface area contributed by atoms with E-state index in [-0.39, 0.29) is 18.7 Å². The van der Waals surface area contributed by atoms with Crippen molar-refractivity contribution >= 4 is 5.97 Å². The Morgan fingerprint density at radius 2 is 2.15 bits per heavy atom. The van der Waals surface area contributed by atoms with Gasteiger partial charge < -0.3 is 9.47 Å². The predicted octanol–water partition coefficient (Wildman–Crippen LogP) is 4.04. The van der Waals surface area contributed by atoms with Gasteiger partial charge in [0.2, 0.25) is 0 Å². The normalized spacial score (nSPS) is 20.0. The lowest BCUT2D eigenvalue weighted by atomic mass is 9.89. The van der Waals surface area contributed by atoms with E-state index in [0.29, 0.717) is 5.41 Å². The summed E-state index contributed by atoms with van der Waals surface area (Å²) in [4.78, 5) is 11.3. The smallest absolute Gasteiger partial charge is 0.330 e. The van der Waals surface area contributed by atoms with Crippen molar-refractivity contribution in [1.29, 1.82) is 0 Å². The van der Waals surface area contributed by atoms with E-state index in [1.807, 2.05) is 13.8 Å². The second-order valence-corrected chi connectivity index (χ2v) is 6.95. The third kappa shape index (κ3) is 5.49. The summed E-state index contributed by atoms with van der Waals surface area (Å²) in [5, 5.41) is 0. The van der Waals surface area contributed by atoms with Crippen molar-refractivity contribution in [3.63, 3.8) is 0 Å². The number of rotatable bonds is 6. The van der Waals surface area contributed by atoms with Crippen molar-refractivity contribution < 1.29 is 14.3 Å². The highest BCUT2D eigenvalue weighted by atomic mass is 16.6. The first kappa shape index (κ1) is 17.0. The molecule has 1 atom stereocenters. The second-order valence-electron chi connectivity index (χ2n) is 6.95. The van der Waals surface area contributed by atoms with Crippen LogP contribution in [0.15, 0.2) is 23.8 Å². The molecule has 1 unspecified atom stereocenters. The minimum Gasteiger partial charge on any atom is -0.459 e. The lowest BCUT2D eigenvalue weighted by Gasteiger charge is -2.30. The Kier molecular flexibility index (Phi) is 5.58. The molecule has 0 heterocycles. The third-order valence-electron chi connectivity index (χ3n) is 3.48. The molecule has 0 N–H and O–H groups in total. The maximum absolute atomic E-state index is 11.3. The van der Waals surface area contributed by atoms with Gasteiger partial charge in [-0.3, -0.25) is 0 Å². The quantitative estimate of drug-likeness (QED) is 0.418. The second kappa shape index (κ2) is 6.57. The molecule has 0 saturated heterocycles. The zero-order valence-corrected chi connectivity index (χ0v) is 13.7. The Hall–Kier alpha value is -1.09. The summed E-state index contributed by atoms with van der Waals surface area (Å²) in [7, 11) is 0. The predicted molar refractivity (Wildman–Crippen MR) is 81.5 cm³/mol. The molecule has 1 aliphatic rings. The van der Waals surface area contributed by atoms with E-state index >= 15 is 0 Å². The lowest BCUT2D eigenvalue weighted by Crippen LogP contribution is -2.35. The molecule has 1 rings (SSSR count). The van der Waals surface area contributed by atoms with Crippen LogP contribution in [-0.4, -0.2) is 24.3 Å². The molecule has 0 aromatic carbocycles. The SMILES string of the molecule is CC=CC(=O)OCC(C)(C)OC(C)C1=CCC(C)(C)C1. The van der Waals surface area contributed by atoms with Gasteiger partial charge in [-0.15, -0.1) is 0 Å². The van der Waals surface area contributed by atoms with Gasteiger partial charge >= 0.3 is 5.97 Å². The molecule has 0 radical (unpaired) electrons. The van der Waals surface area contributed by atoms with Crippen molar-refractivity contribution in [3.8, 4) is 0 Å². The standard InChI is InChI=1S/C17H28O3/c1-7-8-15(18)19-12-17(5,6)20-13(2)14-9-10-16(3,4)11-14/h7-9,13H,10-12H2,1-6H3. The van der Waals surface area contributed by atoms with E-state index in [2.05, 4.69) is 26.8 Å². The summed E-state index contributed by atoms with van der Waals surface area (Å²) in [5.74, 6) is -0.321. The number of carbonyl (C=O) groups is 1. The van der Waals surface area contributed by atoms with E-state index in [9.17, 15) is 4.79 Å². The van der Waals surface area contributed by atoms with E-state index in [4.69, 9.17) is 9.47 Å². The molecule has 0 aromatic rings. The van der Waals surface area contributed by atoms with Gasteiger partial charge in [-0.05, 0) is 51.5 Å². The highest BCUT2D eigenvalue weighted by molar-refractivity contribution is 5.81. The van der Waals surface area contributed by atoms with Crippen molar-refractivity contribution in [2.45, 2.75) is 66.1 Å². The lowest BCUT2D eigenvalue weighted by molar-refractivity contribution is -0.150. The average molecular weight is 280 g/mol. The molecule has 0 aromatic heterocycles. The number of carbonyl (C=O) groups excluding carboxylic acids is 1. The summed E-state index contributed by atoms with van der Waals surface area (Å²) < 4.78 is 11.3. The van der Waals surface area contributed by atoms with Crippen LogP contribution in [0, 0.1) is 5.41 Å². The fourth-order valence-electron chi connectivity index (χ4n) is 2.43. The average Bonchev–Trinajstić information content (AvgIpc) is 2.67. The van der Waals surface area contributed by atoms with Gasteiger partial charge in [-0.1, -0.05) is 26.0 Å². The molecular formula is C17H28O3.